The van der Waals surface area contributed by atoms with Gasteiger partial charge in [-0.3, -0.25) is 4.52 Å². The van der Waals surface area contributed by atoms with Crippen LogP contribution >= 0.6 is 24.0 Å². The Morgan fingerprint density at radius 3 is 1.55 bits per heavy atom. The van der Waals surface area contributed by atoms with Crippen LogP contribution in [0.1, 0.15) is 0 Å². The Kier molecular flexibility index (Phi) is 6.32. The van der Waals surface area contributed by atoms with E-state index >= 15 is 0 Å². The van der Waals surface area contributed by atoms with Crippen molar-refractivity contribution in [2.75, 3.05) is 77.0 Å². The van der Waals surface area contributed by atoms with Crippen LogP contribution in [0.5, 0.6) is 0 Å². The lowest BCUT2D eigenvalue weighted by atomic mass is 10.5. The zero-order valence-electron chi connectivity index (χ0n) is 16.7. The largest absolute Gasteiger partial charge is 0.373 e. The minimum absolute atomic E-state index is 0.316. The standard InChI is InChI=1S/C18H31N2O6P3/c1(13-2-21-13)20(28(10-16-5-24-16)11-17-6-25-17)29(12-18-7-26-18)19-27(8-14-3-22-14)9-15-4-23-15/h13-18,27H,1-12H2. The van der Waals surface area contributed by atoms with Crippen LogP contribution in [0.3, 0.4) is 0 Å². The lowest BCUT2D eigenvalue weighted by Crippen LogP contribution is -2.24. The van der Waals surface area contributed by atoms with E-state index in [0.717, 1.165) is 77.0 Å². The molecule has 0 aliphatic carbocycles. The normalized spacial score (nSPS) is 41.6. The molecule has 7 unspecified atom stereocenters. The average molecular weight is 464 g/mol. The molecule has 0 saturated carbocycles. The van der Waals surface area contributed by atoms with Crippen molar-refractivity contribution in [2.45, 2.75) is 36.6 Å². The Bertz CT molecular complexity index is 591. The Balaban J connectivity index is 1.23. The average Bonchev–Trinajstić information content (AvgIpc) is 3.49. The predicted octanol–water partition coefficient (Wildman–Crippen LogP) is 1.79. The summed E-state index contributed by atoms with van der Waals surface area (Å²) in [6.45, 7) is 6.50. The van der Waals surface area contributed by atoms with Gasteiger partial charge in [-0.05, 0) is 15.8 Å². The summed E-state index contributed by atoms with van der Waals surface area (Å²) in [5.41, 5.74) is 0. The fourth-order valence-corrected chi connectivity index (χ4v) is 13.6. The molecule has 29 heavy (non-hydrogen) atoms. The fourth-order valence-electron chi connectivity index (χ4n) is 3.56. The molecular weight excluding hydrogens is 433 g/mol. The van der Waals surface area contributed by atoms with Gasteiger partial charge < -0.3 is 28.4 Å². The molecule has 0 aromatic rings. The molecule has 6 saturated heterocycles. The molecule has 0 bridgehead atoms. The van der Waals surface area contributed by atoms with Gasteiger partial charge in [0.15, 0.2) is 0 Å². The van der Waals surface area contributed by atoms with Gasteiger partial charge in [0.1, 0.15) is 0 Å². The van der Waals surface area contributed by atoms with Crippen LogP contribution in [0.4, 0.5) is 0 Å². The third kappa shape index (κ3) is 6.89. The van der Waals surface area contributed by atoms with Gasteiger partial charge in [0.25, 0.3) is 0 Å². The van der Waals surface area contributed by atoms with Crippen molar-refractivity contribution in [1.82, 2.24) is 4.44 Å². The summed E-state index contributed by atoms with van der Waals surface area (Å²) < 4.78 is 42.1. The van der Waals surface area contributed by atoms with E-state index in [1.165, 1.54) is 0 Å². The maximum Gasteiger partial charge on any atom is 0.0943 e. The molecule has 6 fully saturated rings. The van der Waals surface area contributed by atoms with E-state index in [0.29, 0.717) is 36.6 Å². The minimum Gasteiger partial charge on any atom is -0.373 e. The Labute approximate surface area is 175 Å². The second-order valence-electron chi connectivity index (χ2n) is 8.79. The molecule has 6 aliphatic rings. The number of ether oxygens (including phenoxy) is 6. The molecule has 0 aromatic carbocycles. The van der Waals surface area contributed by atoms with Crippen LogP contribution in [0.15, 0.2) is 4.52 Å². The Hall–Kier alpha value is 0.810. The van der Waals surface area contributed by atoms with Gasteiger partial charge in [0.05, 0.1) is 84.5 Å². The summed E-state index contributed by atoms with van der Waals surface area (Å²) in [5, 5.41) is 0. The van der Waals surface area contributed by atoms with Crippen molar-refractivity contribution in [3.8, 4) is 0 Å². The van der Waals surface area contributed by atoms with Crippen molar-refractivity contribution in [3.63, 3.8) is 0 Å². The van der Waals surface area contributed by atoms with Crippen LogP contribution in [0.25, 0.3) is 0 Å². The molecule has 0 N–H and O–H groups in total. The molecule has 11 heteroatoms. The first-order chi connectivity index (χ1) is 14.3. The molecule has 164 valence electrons. The number of epoxide rings is 6. The zero-order chi connectivity index (χ0) is 19.2. The smallest absolute Gasteiger partial charge is 0.0943 e. The second-order valence-corrected chi connectivity index (χ2v) is 15.7. The van der Waals surface area contributed by atoms with Gasteiger partial charge in [-0.1, -0.05) is 0 Å². The van der Waals surface area contributed by atoms with E-state index in [1.54, 1.807) is 0 Å². The van der Waals surface area contributed by atoms with E-state index < -0.39 is 15.9 Å². The number of hydrogen-bond acceptors (Lipinski definition) is 8. The van der Waals surface area contributed by atoms with Gasteiger partial charge in [0.2, 0.25) is 0 Å². The van der Waals surface area contributed by atoms with Gasteiger partial charge in [-0.25, -0.2) is 4.44 Å². The zero-order valence-corrected chi connectivity index (χ0v) is 19.5. The fraction of sp³-hybridized carbons (Fsp3) is 1.00. The first-order valence-electron chi connectivity index (χ1n) is 10.8. The lowest BCUT2D eigenvalue weighted by Gasteiger charge is -2.36. The summed E-state index contributed by atoms with van der Waals surface area (Å²) in [5.74, 6) is 0. The van der Waals surface area contributed by atoms with Crippen LogP contribution in [-0.4, -0.2) is 118 Å². The van der Waals surface area contributed by atoms with Crippen molar-refractivity contribution >= 4 is 24.0 Å². The summed E-state index contributed by atoms with van der Waals surface area (Å²) in [4.78, 5) is 0. The van der Waals surface area contributed by atoms with Gasteiger partial charge in [0, 0.05) is 37.4 Å². The Morgan fingerprint density at radius 2 is 1.10 bits per heavy atom. The molecule has 0 aromatic heterocycles. The highest BCUT2D eigenvalue weighted by atomic mass is 31.2. The second kappa shape index (κ2) is 8.98. The molecule has 0 amide bonds. The summed E-state index contributed by atoms with van der Waals surface area (Å²) in [6.07, 6.45) is 8.22. The van der Waals surface area contributed by atoms with E-state index in [4.69, 9.17) is 32.9 Å². The van der Waals surface area contributed by atoms with Crippen LogP contribution in [0.2, 0.25) is 0 Å². The highest BCUT2D eigenvalue weighted by molar-refractivity contribution is 7.72. The third-order valence-corrected chi connectivity index (χ3v) is 14.9. The molecule has 6 heterocycles. The highest BCUT2D eigenvalue weighted by Gasteiger charge is 2.42. The van der Waals surface area contributed by atoms with Crippen LogP contribution in [-0.2, 0) is 28.4 Å². The number of rotatable bonds is 15. The van der Waals surface area contributed by atoms with E-state index in [1.807, 2.05) is 0 Å². The molecular formula is C18H31N2O6P3. The first kappa shape index (κ1) is 20.4. The van der Waals surface area contributed by atoms with Crippen LogP contribution in [0, 0.1) is 0 Å². The molecule has 0 radical (unpaired) electrons. The van der Waals surface area contributed by atoms with Crippen molar-refractivity contribution in [3.05, 3.63) is 0 Å². The Morgan fingerprint density at radius 1 is 0.655 bits per heavy atom. The summed E-state index contributed by atoms with van der Waals surface area (Å²) >= 11 is 0. The van der Waals surface area contributed by atoms with Crippen molar-refractivity contribution < 1.29 is 28.4 Å². The third-order valence-electron chi connectivity index (χ3n) is 5.75. The molecule has 8 nitrogen and oxygen atoms in total. The SMILES string of the molecule is C1OC1CN(P(CC1CO1)CC1CO1)P(CC1CO1)N=[PH](CC1CO1)CC1CO1. The van der Waals surface area contributed by atoms with Gasteiger partial charge in [-0.15, -0.1) is 0 Å². The molecule has 6 rings (SSSR count). The van der Waals surface area contributed by atoms with E-state index in [2.05, 4.69) is 4.44 Å². The quantitative estimate of drug-likeness (QED) is 0.270. The number of nitrogens with zero attached hydrogens (tertiary/aromatic N) is 2. The van der Waals surface area contributed by atoms with Gasteiger partial charge in [-0.2, -0.15) is 0 Å². The topological polar surface area (TPSA) is 90.8 Å². The predicted molar refractivity (Wildman–Crippen MR) is 114 cm³/mol. The lowest BCUT2D eigenvalue weighted by molar-refractivity contribution is 0.386. The molecule has 6 aliphatic heterocycles. The first-order valence-corrected chi connectivity index (χ1v) is 15.8. The van der Waals surface area contributed by atoms with Crippen molar-refractivity contribution in [2.24, 2.45) is 4.52 Å². The van der Waals surface area contributed by atoms with E-state index in [-0.39, 0.29) is 8.07 Å². The molecule has 7 atom stereocenters. The van der Waals surface area contributed by atoms with E-state index in [9.17, 15) is 0 Å². The molecule has 0 spiro atoms. The minimum atomic E-state index is -0.838. The monoisotopic (exact) mass is 464 g/mol. The van der Waals surface area contributed by atoms with Crippen LogP contribution < -0.4 is 0 Å². The maximum absolute atomic E-state index is 5.67. The summed E-state index contributed by atoms with van der Waals surface area (Å²) in [6, 6.07) is 0. The highest BCUT2D eigenvalue weighted by Crippen LogP contribution is 2.63. The number of hydrogen-bond donors (Lipinski definition) is 0. The summed E-state index contributed by atoms with van der Waals surface area (Å²) in [7, 11) is -1.73. The maximum atomic E-state index is 5.67. The van der Waals surface area contributed by atoms with Gasteiger partial charge >= 0.3 is 0 Å². The van der Waals surface area contributed by atoms with Crippen molar-refractivity contribution in [1.29, 1.82) is 0 Å².